The molecule has 0 amide bonds. The average molecular weight is 329 g/mol. The second-order valence-corrected chi connectivity index (χ2v) is 6.33. The first kappa shape index (κ1) is 17.1. The minimum atomic E-state index is -0.000764. The van der Waals surface area contributed by atoms with Gasteiger partial charge >= 0.3 is 0 Å². The van der Waals surface area contributed by atoms with Crippen molar-refractivity contribution in [2.45, 2.75) is 32.6 Å². The smallest absolute Gasteiger partial charge is 0.188 e. The van der Waals surface area contributed by atoms with E-state index in [1.807, 2.05) is 12.1 Å². The van der Waals surface area contributed by atoms with Crippen molar-refractivity contribution in [1.82, 2.24) is 0 Å². The molecular formula is C17H19N3O2S. The number of Topliss-reactive ketones (excluding diaryl/α,β-unsaturated/α-hetero) is 1. The number of thiophene rings is 1. The summed E-state index contributed by atoms with van der Waals surface area (Å²) in [5.74, 6) is 0.654. The lowest BCUT2D eigenvalue weighted by Gasteiger charge is -2.13. The van der Waals surface area contributed by atoms with E-state index in [1.165, 1.54) is 17.6 Å². The molecule has 6 heteroatoms. The van der Waals surface area contributed by atoms with Crippen molar-refractivity contribution >= 4 is 29.4 Å². The van der Waals surface area contributed by atoms with Crippen LogP contribution in [-0.2, 0) is 17.6 Å². The van der Waals surface area contributed by atoms with Gasteiger partial charge in [0.1, 0.15) is 0 Å². The Morgan fingerprint density at radius 2 is 2.35 bits per heavy atom. The molecule has 3 N–H and O–H groups in total. The molecule has 0 bridgehead atoms. The van der Waals surface area contributed by atoms with Gasteiger partial charge in [0, 0.05) is 23.1 Å². The quantitative estimate of drug-likeness (QED) is 0.593. The summed E-state index contributed by atoms with van der Waals surface area (Å²) in [6, 6.07) is 2.05. The van der Waals surface area contributed by atoms with Gasteiger partial charge in [-0.05, 0) is 43.1 Å². The van der Waals surface area contributed by atoms with E-state index >= 15 is 0 Å². The van der Waals surface area contributed by atoms with Gasteiger partial charge in [-0.3, -0.25) is 4.79 Å². The molecule has 1 aliphatic rings. The van der Waals surface area contributed by atoms with E-state index in [1.54, 1.807) is 13.0 Å². The summed E-state index contributed by atoms with van der Waals surface area (Å²) >= 11 is 1.45. The van der Waals surface area contributed by atoms with E-state index in [0.717, 1.165) is 34.4 Å². The molecule has 5 nitrogen and oxygen atoms in total. The van der Waals surface area contributed by atoms with Crippen molar-refractivity contribution in [1.29, 1.82) is 10.7 Å². The zero-order valence-electron chi connectivity index (χ0n) is 13.0. The third-order valence-corrected chi connectivity index (χ3v) is 4.72. The third kappa shape index (κ3) is 4.15. The Bertz CT molecular complexity index is 723. The zero-order valence-corrected chi connectivity index (χ0v) is 13.8. The van der Waals surface area contributed by atoms with Crippen LogP contribution in [0.2, 0.25) is 0 Å². The molecule has 1 aliphatic carbocycles. The first-order valence-electron chi connectivity index (χ1n) is 7.38. The lowest BCUT2D eigenvalue weighted by Crippen LogP contribution is -2.16. The van der Waals surface area contributed by atoms with Crippen LogP contribution >= 0.6 is 11.3 Å². The Hall–Kier alpha value is -2.23. The molecule has 0 aromatic carbocycles. The zero-order chi connectivity index (χ0) is 16.8. The lowest BCUT2D eigenvalue weighted by atomic mass is 9.93. The van der Waals surface area contributed by atoms with Gasteiger partial charge in [-0.25, -0.2) is 0 Å². The summed E-state index contributed by atoms with van der Waals surface area (Å²) in [6.07, 6.45) is 7.23. The Morgan fingerprint density at radius 3 is 3.00 bits per heavy atom. The first-order valence-corrected chi connectivity index (χ1v) is 8.19. The summed E-state index contributed by atoms with van der Waals surface area (Å²) in [5, 5.41) is 16.8. The maximum Gasteiger partial charge on any atom is 0.188 e. The predicted octanol–water partition coefficient (Wildman–Crippen LogP) is 2.99. The van der Waals surface area contributed by atoms with Crippen LogP contribution in [0.3, 0.4) is 0 Å². The highest BCUT2D eigenvalue weighted by molar-refractivity contribution is 7.14. The molecular weight excluding hydrogens is 310 g/mol. The molecule has 120 valence electrons. The van der Waals surface area contributed by atoms with E-state index in [2.05, 4.69) is 0 Å². The van der Waals surface area contributed by atoms with Crippen LogP contribution in [0.1, 0.15) is 35.8 Å². The monoisotopic (exact) mass is 329 g/mol. The standard InChI is InChI=1S/C17H19N3O2S/c1-11(3-2-6-18)22-17-15-7-12(9-19)4-5-14(15)16(23-17)8-13(21)10-20/h3,7,9,19H,2,4-5,8,10,20H2,1H3/b11-3+,19-9?. The van der Waals surface area contributed by atoms with Crippen molar-refractivity contribution in [3.05, 3.63) is 33.4 Å². The molecule has 0 saturated heterocycles. The molecule has 1 heterocycles. The molecule has 0 radical (unpaired) electrons. The molecule has 0 saturated carbocycles. The van der Waals surface area contributed by atoms with Gasteiger partial charge in [-0.1, -0.05) is 0 Å². The fraction of sp³-hybridized carbons (Fsp3) is 0.353. The molecule has 23 heavy (non-hydrogen) atoms. The summed E-state index contributed by atoms with van der Waals surface area (Å²) in [6.45, 7) is 1.84. The second kappa shape index (κ2) is 7.86. The van der Waals surface area contributed by atoms with Gasteiger partial charge in [0.15, 0.2) is 10.8 Å². The molecule has 0 fully saturated rings. The fourth-order valence-corrected chi connectivity index (χ4v) is 3.67. The van der Waals surface area contributed by atoms with E-state index in [4.69, 9.17) is 21.1 Å². The minimum absolute atomic E-state index is 0.000764. The fourth-order valence-electron chi connectivity index (χ4n) is 2.41. The number of allylic oxidation sites excluding steroid dienone is 3. The Morgan fingerprint density at radius 1 is 1.57 bits per heavy atom. The van der Waals surface area contributed by atoms with Crippen LogP contribution in [0.4, 0.5) is 0 Å². The highest BCUT2D eigenvalue weighted by Gasteiger charge is 2.23. The molecule has 0 spiro atoms. The summed E-state index contributed by atoms with van der Waals surface area (Å²) in [7, 11) is 0. The topological polar surface area (TPSA) is 100.0 Å². The number of nitrogens with zero attached hydrogens (tertiary/aromatic N) is 1. The van der Waals surface area contributed by atoms with Gasteiger partial charge in [-0.2, -0.15) is 5.26 Å². The van der Waals surface area contributed by atoms with Crippen molar-refractivity contribution in [3.8, 4) is 11.1 Å². The number of hydrogen-bond donors (Lipinski definition) is 2. The van der Waals surface area contributed by atoms with Gasteiger partial charge in [0.2, 0.25) is 0 Å². The second-order valence-electron chi connectivity index (χ2n) is 5.27. The number of nitriles is 1. The van der Waals surface area contributed by atoms with E-state index < -0.39 is 0 Å². The number of fused-ring (bicyclic) bond motifs is 1. The van der Waals surface area contributed by atoms with Crippen LogP contribution in [0, 0.1) is 16.7 Å². The van der Waals surface area contributed by atoms with Crippen LogP contribution < -0.4 is 10.5 Å². The summed E-state index contributed by atoms with van der Waals surface area (Å²) < 4.78 is 5.87. The van der Waals surface area contributed by atoms with Gasteiger partial charge in [-0.15, -0.1) is 11.3 Å². The normalized spacial score (nSPS) is 13.8. The number of nitrogens with one attached hydrogen (secondary N) is 1. The van der Waals surface area contributed by atoms with Gasteiger partial charge in [0.25, 0.3) is 0 Å². The molecule has 2 rings (SSSR count). The average Bonchev–Trinajstić information content (AvgIpc) is 2.89. The number of hydrogen-bond acceptors (Lipinski definition) is 6. The Kier molecular flexibility index (Phi) is 5.85. The largest absolute Gasteiger partial charge is 0.451 e. The molecule has 1 aromatic rings. The number of carbonyl (C=O) groups excluding carboxylic acids is 1. The number of rotatable bonds is 7. The Balaban J connectivity index is 2.38. The number of carbonyl (C=O) groups is 1. The number of nitrogens with two attached hydrogens (primary N) is 1. The van der Waals surface area contributed by atoms with E-state index in [0.29, 0.717) is 23.7 Å². The van der Waals surface area contributed by atoms with Crippen LogP contribution in [0.25, 0.3) is 6.08 Å². The lowest BCUT2D eigenvalue weighted by molar-refractivity contribution is -0.117. The van der Waals surface area contributed by atoms with Crippen molar-refractivity contribution in [3.63, 3.8) is 0 Å². The van der Waals surface area contributed by atoms with Crippen LogP contribution in [-0.4, -0.2) is 18.5 Å². The van der Waals surface area contributed by atoms with Gasteiger partial charge in [0.05, 0.1) is 24.8 Å². The highest BCUT2D eigenvalue weighted by atomic mass is 32.1. The minimum Gasteiger partial charge on any atom is -0.451 e. The van der Waals surface area contributed by atoms with E-state index in [9.17, 15) is 4.79 Å². The van der Waals surface area contributed by atoms with Crippen LogP contribution in [0.5, 0.6) is 5.06 Å². The van der Waals surface area contributed by atoms with Crippen LogP contribution in [0.15, 0.2) is 17.4 Å². The summed E-state index contributed by atoms with van der Waals surface area (Å²) in [5.41, 5.74) is 8.43. The molecule has 0 atom stereocenters. The summed E-state index contributed by atoms with van der Waals surface area (Å²) in [4.78, 5) is 12.7. The number of ether oxygens (including phenoxy) is 1. The molecule has 1 aromatic heterocycles. The molecule has 0 aliphatic heterocycles. The highest BCUT2D eigenvalue weighted by Crippen LogP contribution is 2.41. The maximum absolute atomic E-state index is 11.7. The Labute approximate surface area is 139 Å². The third-order valence-electron chi connectivity index (χ3n) is 3.60. The maximum atomic E-state index is 11.7. The van der Waals surface area contributed by atoms with Crippen molar-refractivity contribution < 1.29 is 9.53 Å². The number of ketones is 1. The predicted molar refractivity (Wildman–Crippen MR) is 91.8 cm³/mol. The molecule has 0 unspecified atom stereocenters. The van der Waals surface area contributed by atoms with Crippen molar-refractivity contribution in [2.24, 2.45) is 5.73 Å². The van der Waals surface area contributed by atoms with Crippen molar-refractivity contribution in [2.75, 3.05) is 6.54 Å². The van der Waals surface area contributed by atoms with Gasteiger partial charge < -0.3 is 15.9 Å². The van der Waals surface area contributed by atoms with E-state index in [-0.39, 0.29) is 12.3 Å². The first-order chi connectivity index (χ1) is 11.1. The SMILES string of the molecule is C/C(=C\CC#N)Oc1sc(CC(=O)CN)c2c1C=C(C=N)CC2.